The van der Waals surface area contributed by atoms with Gasteiger partial charge in [-0.25, -0.2) is 4.98 Å². The maximum absolute atomic E-state index is 13.5. The Bertz CT molecular complexity index is 2030. The van der Waals surface area contributed by atoms with Crippen LogP contribution < -0.4 is 11.4 Å². The van der Waals surface area contributed by atoms with Crippen LogP contribution in [0, 0.1) is 34.1 Å². The van der Waals surface area contributed by atoms with Crippen molar-refractivity contribution in [1.82, 2.24) is 24.1 Å². The van der Waals surface area contributed by atoms with Gasteiger partial charge in [0.25, 0.3) is 0 Å². The van der Waals surface area contributed by atoms with Gasteiger partial charge < -0.3 is 5.73 Å². The molecule has 202 valence electrons. The highest BCUT2D eigenvalue weighted by atomic mass is 19.4. The first-order chi connectivity index (χ1) is 19.5. The molecule has 0 saturated carbocycles. The molecule has 0 saturated heterocycles. The minimum Gasteiger partial charge on any atom is -0.383 e. The lowest BCUT2D eigenvalue weighted by Gasteiger charge is -2.15. The van der Waals surface area contributed by atoms with Gasteiger partial charge in [-0.3, -0.25) is 19.1 Å². The van der Waals surface area contributed by atoms with E-state index in [4.69, 9.17) is 5.73 Å². The third-order valence-electron chi connectivity index (χ3n) is 6.64. The van der Waals surface area contributed by atoms with Crippen molar-refractivity contribution in [2.75, 3.05) is 5.73 Å². The quantitative estimate of drug-likeness (QED) is 0.315. The van der Waals surface area contributed by atoms with Crippen LogP contribution in [0.4, 0.5) is 19.0 Å². The number of rotatable bonds is 4. The molecule has 0 radical (unpaired) electrons. The fourth-order valence-electron chi connectivity index (χ4n) is 4.54. The van der Waals surface area contributed by atoms with Crippen LogP contribution in [0.25, 0.3) is 38.8 Å². The van der Waals surface area contributed by atoms with Crippen LogP contribution in [-0.2, 0) is 18.1 Å². The molecule has 5 aromatic rings. The van der Waals surface area contributed by atoms with Crippen molar-refractivity contribution in [3.05, 3.63) is 71.9 Å². The second-order valence-corrected chi connectivity index (χ2v) is 9.61. The predicted octanol–water partition coefficient (Wildman–Crippen LogP) is 4.74. The smallest absolute Gasteiger partial charge is 0.383 e. The Morgan fingerprint density at radius 1 is 0.951 bits per heavy atom. The number of fused-ring (bicyclic) bond motifs is 3. The molecule has 5 rings (SSSR count). The number of hydrogen-bond acceptors (Lipinski definition) is 8. The molecule has 0 aliphatic heterocycles. The Morgan fingerprint density at radius 3 is 2.37 bits per heavy atom. The number of anilines is 1. The topological polar surface area (TPSA) is 158 Å². The Morgan fingerprint density at radius 2 is 1.73 bits per heavy atom. The minimum atomic E-state index is -4.69. The van der Waals surface area contributed by atoms with E-state index in [9.17, 15) is 29.0 Å². The number of alkyl halides is 3. The fourth-order valence-corrected chi connectivity index (χ4v) is 4.54. The minimum absolute atomic E-state index is 0.117. The van der Waals surface area contributed by atoms with Crippen molar-refractivity contribution < 1.29 is 13.2 Å². The molecule has 0 unspecified atom stereocenters. The zero-order valence-electron chi connectivity index (χ0n) is 21.6. The maximum Gasteiger partial charge on any atom is 0.419 e. The summed E-state index contributed by atoms with van der Waals surface area (Å²) < 4.78 is 43.8. The summed E-state index contributed by atoms with van der Waals surface area (Å²) in [6.07, 6.45) is 1.40. The first-order valence-electron chi connectivity index (χ1n) is 12.0. The highest BCUT2D eigenvalue weighted by Crippen LogP contribution is 2.36. The number of imidazole rings is 1. The van der Waals surface area contributed by atoms with Gasteiger partial charge >= 0.3 is 6.18 Å². The summed E-state index contributed by atoms with van der Waals surface area (Å²) in [6, 6.07) is 13.5. The second kappa shape index (κ2) is 9.78. The van der Waals surface area contributed by atoms with Crippen LogP contribution in [0.3, 0.4) is 0 Å². The molecule has 2 N–H and O–H groups in total. The van der Waals surface area contributed by atoms with Gasteiger partial charge in [-0.05, 0) is 49.7 Å². The summed E-state index contributed by atoms with van der Waals surface area (Å²) in [7, 11) is 0. The van der Waals surface area contributed by atoms with Crippen LogP contribution in [0.15, 0.2) is 60.0 Å². The third kappa shape index (κ3) is 4.58. The number of benzene rings is 1. The predicted molar refractivity (Wildman–Crippen MR) is 142 cm³/mol. The zero-order valence-corrected chi connectivity index (χ0v) is 21.6. The molecule has 10 nitrogen and oxygen atoms in total. The Balaban J connectivity index is 1.86. The molecular weight excluding hydrogens is 533 g/mol. The number of nitrogens with two attached hydrogens (primary N) is 1. The average molecular weight is 553 g/mol. The molecule has 4 heterocycles. The van der Waals surface area contributed by atoms with E-state index in [1.807, 2.05) is 0 Å². The van der Waals surface area contributed by atoms with Crippen molar-refractivity contribution in [1.29, 1.82) is 15.8 Å². The number of nitrogen functional groups attached to an aromatic ring is 1. The van der Waals surface area contributed by atoms with E-state index in [-0.39, 0.29) is 17.7 Å². The first-order valence-corrected chi connectivity index (χ1v) is 12.0. The van der Waals surface area contributed by atoms with Crippen LogP contribution in [0.2, 0.25) is 0 Å². The van der Waals surface area contributed by atoms with E-state index in [1.165, 1.54) is 23.2 Å². The zero-order chi connectivity index (χ0) is 29.5. The number of halogens is 3. The van der Waals surface area contributed by atoms with Crippen molar-refractivity contribution in [2.45, 2.75) is 32.0 Å². The van der Waals surface area contributed by atoms with Gasteiger partial charge in [-0.2, -0.15) is 29.0 Å². The average Bonchev–Trinajstić information content (AvgIpc) is 3.26. The highest BCUT2D eigenvalue weighted by Gasteiger charge is 2.34. The fraction of sp³-hybridized carbons (Fsp3) is 0.179. The normalized spacial score (nSPS) is 12.3. The molecule has 0 spiro atoms. The number of nitriles is 3. The van der Waals surface area contributed by atoms with E-state index in [0.29, 0.717) is 38.9 Å². The SMILES string of the molecule is CC(C)(C#N)c1ccc(-n2/c(=N\C#N)n(CC#N)c3cnc4ccc(-c5cnc(N)c(C(F)(F)F)c5)cc4c32)cn1. The molecule has 0 amide bonds. The summed E-state index contributed by atoms with van der Waals surface area (Å²) in [5.41, 5.74) is 6.74. The second-order valence-electron chi connectivity index (χ2n) is 9.61. The number of pyridine rings is 3. The van der Waals surface area contributed by atoms with E-state index in [0.717, 1.165) is 6.07 Å². The van der Waals surface area contributed by atoms with Gasteiger partial charge in [-0.1, -0.05) is 6.07 Å². The monoisotopic (exact) mass is 552 g/mol. The molecule has 13 heteroatoms. The molecular formula is C28H19F3N10. The van der Waals surface area contributed by atoms with Gasteiger partial charge in [0.05, 0.1) is 63.4 Å². The van der Waals surface area contributed by atoms with Crippen molar-refractivity contribution in [3.63, 3.8) is 0 Å². The van der Waals surface area contributed by atoms with Crippen molar-refractivity contribution in [2.24, 2.45) is 4.99 Å². The van der Waals surface area contributed by atoms with Gasteiger partial charge in [0.15, 0.2) is 0 Å². The van der Waals surface area contributed by atoms with Gasteiger partial charge in [0, 0.05) is 17.1 Å². The largest absolute Gasteiger partial charge is 0.419 e. The molecule has 4 aromatic heterocycles. The van der Waals surface area contributed by atoms with Crippen LogP contribution >= 0.6 is 0 Å². The Hall–Kier alpha value is -5.74. The van der Waals surface area contributed by atoms with E-state index >= 15 is 0 Å². The lowest BCUT2D eigenvalue weighted by atomic mass is 9.91. The van der Waals surface area contributed by atoms with Gasteiger partial charge in [0.1, 0.15) is 12.4 Å². The summed E-state index contributed by atoms with van der Waals surface area (Å²) in [5, 5.41) is 29.1. The van der Waals surface area contributed by atoms with Crippen LogP contribution in [0.1, 0.15) is 25.1 Å². The number of nitrogens with zero attached hydrogens (tertiary/aromatic N) is 9. The van der Waals surface area contributed by atoms with E-state index in [1.54, 1.807) is 54.9 Å². The van der Waals surface area contributed by atoms with E-state index < -0.39 is 23.0 Å². The summed E-state index contributed by atoms with van der Waals surface area (Å²) in [5.74, 6) is -0.629. The van der Waals surface area contributed by atoms with E-state index in [2.05, 4.69) is 32.1 Å². The molecule has 0 fully saturated rings. The number of hydrogen-bond donors (Lipinski definition) is 1. The first kappa shape index (κ1) is 26.9. The molecule has 0 aliphatic rings. The van der Waals surface area contributed by atoms with Gasteiger partial charge in [-0.15, -0.1) is 4.99 Å². The summed E-state index contributed by atoms with van der Waals surface area (Å²) in [6.45, 7) is 3.30. The molecule has 0 atom stereocenters. The van der Waals surface area contributed by atoms with Gasteiger partial charge in [0.2, 0.25) is 11.8 Å². The number of aromatic nitrogens is 5. The molecule has 0 aliphatic carbocycles. The van der Waals surface area contributed by atoms with Crippen LogP contribution in [-0.4, -0.2) is 24.1 Å². The molecule has 41 heavy (non-hydrogen) atoms. The summed E-state index contributed by atoms with van der Waals surface area (Å²) >= 11 is 0. The molecule has 1 aromatic carbocycles. The third-order valence-corrected chi connectivity index (χ3v) is 6.64. The standard InChI is InChI=1S/C28H19F3N10/c1-27(2,14-33)23-6-4-18(12-37-23)41-24-19-9-16(17-10-20(28(29,30)31)25(35)38-11-17)3-5-21(19)36-13-22(24)40(8-7-32)26(41)39-15-34/h3-6,9-13H,8H2,1-2H3,(H2,35,38)/b39-26-. The van der Waals surface area contributed by atoms with Crippen molar-refractivity contribution in [3.8, 4) is 35.1 Å². The van der Waals surface area contributed by atoms with Crippen molar-refractivity contribution >= 4 is 27.8 Å². The molecule has 0 bridgehead atoms. The highest BCUT2D eigenvalue weighted by molar-refractivity contribution is 6.04. The van der Waals surface area contributed by atoms with Crippen LogP contribution in [0.5, 0.6) is 0 Å². The maximum atomic E-state index is 13.5. The Kier molecular flexibility index (Phi) is 6.40. The lowest BCUT2D eigenvalue weighted by molar-refractivity contribution is -0.137. The Labute approximate surface area is 230 Å². The summed E-state index contributed by atoms with van der Waals surface area (Å²) in [4.78, 5) is 16.7. The lowest BCUT2D eigenvalue weighted by Crippen LogP contribution is -2.25.